The van der Waals surface area contributed by atoms with Crippen molar-refractivity contribution in [2.75, 3.05) is 13.7 Å². The van der Waals surface area contributed by atoms with Crippen LogP contribution in [0.15, 0.2) is 18.2 Å². The average Bonchev–Trinajstić information content (AvgIpc) is 2.27. The van der Waals surface area contributed by atoms with Crippen LogP contribution in [0.4, 0.5) is 0 Å². The van der Waals surface area contributed by atoms with Gasteiger partial charge in [-0.15, -0.1) is 0 Å². The summed E-state index contributed by atoms with van der Waals surface area (Å²) in [7, 11) is 1.59. The lowest BCUT2D eigenvalue weighted by Gasteiger charge is -2.13. The molecule has 0 fully saturated rings. The summed E-state index contributed by atoms with van der Waals surface area (Å²) < 4.78 is 10.7. The molecule has 0 aliphatic rings. The summed E-state index contributed by atoms with van der Waals surface area (Å²) in [5.41, 5.74) is 6.77. The molecular formula is C12H16N2O2. The summed E-state index contributed by atoms with van der Waals surface area (Å²) in [5, 5.41) is 8.46. The van der Waals surface area contributed by atoms with Crippen LogP contribution in [0.25, 0.3) is 0 Å². The van der Waals surface area contributed by atoms with E-state index >= 15 is 0 Å². The van der Waals surface area contributed by atoms with Gasteiger partial charge >= 0.3 is 0 Å². The topological polar surface area (TPSA) is 68.3 Å². The number of methoxy groups -OCH3 is 1. The van der Waals surface area contributed by atoms with Gasteiger partial charge in [0, 0.05) is 0 Å². The Kier molecular flexibility index (Phi) is 4.62. The Morgan fingerprint density at radius 1 is 1.44 bits per heavy atom. The van der Waals surface area contributed by atoms with Crippen LogP contribution in [-0.2, 0) is 0 Å². The predicted octanol–water partition coefficient (Wildman–Crippen LogP) is 1.62. The molecule has 4 nitrogen and oxygen atoms in total. The summed E-state index contributed by atoms with van der Waals surface area (Å²) in [6, 6.07) is 7.41. The lowest BCUT2D eigenvalue weighted by Crippen LogP contribution is -2.27. The summed E-state index contributed by atoms with van der Waals surface area (Å²) in [6.07, 6.45) is 0.286. The SMILES string of the molecule is COc1cc(C)ccc1OCC(N)CC#N. The predicted molar refractivity (Wildman–Crippen MR) is 61.4 cm³/mol. The van der Waals surface area contributed by atoms with E-state index in [-0.39, 0.29) is 12.5 Å². The second-order valence-corrected chi connectivity index (χ2v) is 3.59. The highest BCUT2D eigenvalue weighted by atomic mass is 16.5. The number of nitrogens with two attached hydrogens (primary N) is 1. The van der Waals surface area contributed by atoms with Gasteiger partial charge in [-0.3, -0.25) is 0 Å². The molecule has 0 amide bonds. The number of rotatable bonds is 5. The summed E-state index contributed by atoms with van der Waals surface area (Å²) in [5.74, 6) is 1.34. The highest BCUT2D eigenvalue weighted by Crippen LogP contribution is 2.27. The Labute approximate surface area is 95.6 Å². The van der Waals surface area contributed by atoms with Crippen molar-refractivity contribution in [1.29, 1.82) is 5.26 Å². The minimum atomic E-state index is -0.268. The Morgan fingerprint density at radius 3 is 2.81 bits per heavy atom. The molecule has 1 aromatic carbocycles. The molecule has 2 N–H and O–H groups in total. The van der Waals surface area contributed by atoms with Crippen molar-refractivity contribution in [2.45, 2.75) is 19.4 Å². The molecule has 1 atom stereocenters. The van der Waals surface area contributed by atoms with Crippen LogP contribution in [-0.4, -0.2) is 19.8 Å². The first kappa shape index (κ1) is 12.3. The van der Waals surface area contributed by atoms with Crippen LogP contribution >= 0.6 is 0 Å². The van der Waals surface area contributed by atoms with Crippen LogP contribution in [0.3, 0.4) is 0 Å². The minimum absolute atomic E-state index is 0.268. The van der Waals surface area contributed by atoms with Gasteiger partial charge in [0.2, 0.25) is 0 Å². The normalized spacial score (nSPS) is 11.6. The third-order valence-electron chi connectivity index (χ3n) is 2.13. The first-order valence-electron chi connectivity index (χ1n) is 5.07. The van der Waals surface area contributed by atoms with Crippen molar-refractivity contribution in [3.05, 3.63) is 23.8 Å². The second kappa shape index (κ2) is 5.99. The van der Waals surface area contributed by atoms with Gasteiger partial charge < -0.3 is 15.2 Å². The van der Waals surface area contributed by atoms with E-state index in [4.69, 9.17) is 20.5 Å². The standard InChI is InChI=1S/C12H16N2O2/c1-9-3-4-11(12(7-9)15-2)16-8-10(14)5-6-13/h3-4,7,10H,5,8,14H2,1-2H3. The number of nitrogens with zero attached hydrogens (tertiary/aromatic N) is 1. The number of hydrogen-bond acceptors (Lipinski definition) is 4. The lowest BCUT2D eigenvalue weighted by molar-refractivity contribution is 0.273. The van der Waals surface area contributed by atoms with Crippen molar-refractivity contribution in [3.63, 3.8) is 0 Å². The maximum absolute atomic E-state index is 8.46. The summed E-state index contributed by atoms with van der Waals surface area (Å²) >= 11 is 0. The maximum Gasteiger partial charge on any atom is 0.161 e. The maximum atomic E-state index is 8.46. The van der Waals surface area contributed by atoms with Crippen molar-refractivity contribution < 1.29 is 9.47 Å². The van der Waals surface area contributed by atoms with E-state index in [1.165, 1.54) is 0 Å². The van der Waals surface area contributed by atoms with Gasteiger partial charge in [0.1, 0.15) is 6.61 Å². The molecule has 1 rings (SSSR count). The Hall–Kier alpha value is -1.73. The van der Waals surface area contributed by atoms with E-state index < -0.39 is 0 Å². The molecule has 0 aliphatic carbocycles. The molecule has 0 radical (unpaired) electrons. The van der Waals surface area contributed by atoms with Gasteiger partial charge in [-0.25, -0.2) is 0 Å². The number of benzene rings is 1. The fourth-order valence-corrected chi connectivity index (χ4v) is 1.27. The van der Waals surface area contributed by atoms with E-state index in [1.807, 2.05) is 31.2 Å². The molecule has 0 aliphatic heterocycles. The largest absolute Gasteiger partial charge is 0.493 e. The highest BCUT2D eigenvalue weighted by molar-refractivity contribution is 5.42. The van der Waals surface area contributed by atoms with Crippen LogP contribution in [0, 0.1) is 18.3 Å². The van der Waals surface area contributed by atoms with Crippen molar-refractivity contribution in [1.82, 2.24) is 0 Å². The van der Waals surface area contributed by atoms with E-state index in [0.29, 0.717) is 18.1 Å². The Balaban J connectivity index is 2.63. The zero-order valence-electron chi connectivity index (χ0n) is 9.56. The van der Waals surface area contributed by atoms with Crippen molar-refractivity contribution >= 4 is 0 Å². The zero-order valence-corrected chi connectivity index (χ0v) is 9.56. The first-order valence-corrected chi connectivity index (χ1v) is 5.07. The molecule has 0 bridgehead atoms. The monoisotopic (exact) mass is 220 g/mol. The van der Waals surface area contributed by atoms with Crippen LogP contribution in [0.2, 0.25) is 0 Å². The minimum Gasteiger partial charge on any atom is -0.493 e. The van der Waals surface area contributed by atoms with E-state index in [1.54, 1.807) is 7.11 Å². The van der Waals surface area contributed by atoms with Crippen LogP contribution in [0.5, 0.6) is 11.5 Å². The summed E-state index contributed by atoms with van der Waals surface area (Å²) in [4.78, 5) is 0. The number of aryl methyl sites for hydroxylation is 1. The summed E-state index contributed by atoms with van der Waals surface area (Å²) in [6.45, 7) is 2.29. The van der Waals surface area contributed by atoms with Gasteiger partial charge in [0.05, 0.1) is 25.6 Å². The van der Waals surface area contributed by atoms with Gasteiger partial charge in [0.25, 0.3) is 0 Å². The first-order chi connectivity index (χ1) is 7.67. The lowest BCUT2D eigenvalue weighted by atomic mass is 10.2. The van der Waals surface area contributed by atoms with Gasteiger partial charge in [0.15, 0.2) is 11.5 Å². The molecular weight excluding hydrogens is 204 g/mol. The van der Waals surface area contributed by atoms with E-state index in [0.717, 1.165) is 5.56 Å². The number of hydrogen-bond donors (Lipinski definition) is 1. The number of nitriles is 1. The van der Waals surface area contributed by atoms with Gasteiger partial charge in [-0.2, -0.15) is 5.26 Å². The molecule has 1 aromatic rings. The Bertz CT molecular complexity index is 385. The Morgan fingerprint density at radius 2 is 2.19 bits per heavy atom. The van der Waals surface area contributed by atoms with Crippen molar-refractivity contribution in [2.24, 2.45) is 5.73 Å². The third-order valence-corrected chi connectivity index (χ3v) is 2.13. The van der Waals surface area contributed by atoms with E-state index in [2.05, 4.69) is 0 Å². The molecule has 0 aromatic heterocycles. The molecule has 86 valence electrons. The van der Waals surface area contributed by atoms with Crippen LogP contribution in [0.1, 0.15) is 12.0 Å². The highest BCUT2D eigenvalue weighted by Gasteiger charge is 2.07. The van der Waals surface area contributed by atoms with Gasteiger partial charge in [-0.05, 0) is 24.6 Å². The zero-order chi connectivity index (χ0) is 12.0. The fraction of sp³-hybridized carbons (Fsp3) is 0.417. The second-order valence-electron chi connectivity index (χ2n) is 3.59. The number of ether oxygens (including phenoxy) is 2. The third kappa shape index (κ3) is 3.44. The molecule has 0 spiro atoms. The molecule has 0 heterocycles. The van der Waals surface area contributed by atoms with Crippen LogP contribution < -0.4 is 15.2 Å². The average molecular weight is 220 g/mol. The fourth-order valence-electron chi connectivity index (χ4n) is 1.27. The molecule has 1 unspecified atom stereocenters. The molecule has 4 heteroatoms. The van der Waals surface area contributed by atoms with E-state index in [9.17, 15) is 0 Å². The quantitative estimate of drug-likeness (QED) is 0.818. The molecule has 16 heavy (non-hydrogen) atoms. The molecule has 0 saturated heterocycles. The van der Waals surface area contributed by atoms with Crippen molar-refractivity contribution in [3.8, 4) is 17.6 Å². The smallest absolute Gasteiger partial charge is 0.161 e. The van der Waals surface area contributed by atoms with Gasteiger partial charge in [-0.1, -0.05) is 6.07 Å². The molecule has 0 saturated carbocycles.